The molecule has 0 radical (unpaired) electrons. The van der Waals surface area contributed by atoms with E-state index in [-0.39, 0.29) is 43.6 Å². The van der Waals surface area contributed by atoms with Crippen LogP contribution in [-0.2, 0) is 37.6 Å². The molecular weight excluding hydrogens is 513 g/mol. The van der Waals surface area contributed by atoms with Gasteiger partial charge < -0.3 is 19.9 Å². The average Bonchev–Trinajstić information content (AvgIpc) is 2.81. The number of nitrogens with one attached hydrogen (secondary N) is 2. The van der Waals surface area contributed by atoms with Gasteiger partial charge in [-0.15, -0.1) is 0 Å². The second-order valence-corrected chi connectivity index (χ2v) is 12.4. The van der Waals surface area contributed by atoms with Gasteiger partial charge in [0.1, 0.15) is 27.2 Å². The lowest BCUT2D eigenvalue weighted by Crippen LogP contribution is -2.27. The van der Waals surface area contributed by atoms with Crippen LogP contribution in [0.4, 0.5) is 10.2 Å². The zero-order valence-corrected chi connectivity index (χ0v) is 21.0. The molecule has 194 valence electrons. The van der Waals surface area contributed by atoms with Gasteiger partial charge in [-0.25, -0.2) is 30.9 Å². The van der Waals surface area contributed by atoms with E-state index in [0.29, 0.717) is 33.6 Å². The third-order valence-electron chi connectivity index (χ3n) is 5.42. The number of fused-ring (bicyclic) bond motifs is 2. The number of sulfone groups is 1. The van der Waals surface area contributed by atoms with E-state index >= 15 is 0 Å². The molecule has 1 aliphatic rings. The molecule has 1 unspecified atom stereocenters. The van der Waals surface area contributed by atoms with Gasteiger partial charge >= 0.3 is 0 Å². The van der Waals surface area contributed by atoms with Gasteiger partial charge in [0.15, 0.2) is 6.79 Å². The predicted molar refractivity (Wildman–Crippen MR) is 132 cm³/mol. The first-order valence-electron chi connectivity index (χ1n) is 11.0. The largest absolute Gasteiger partial charge is 0.467 e. The molecule has 0 saturated carbocycles. The van der Waals surface area contributed by atoms with Crippen LogP contribution in [0.25, 0.3) is 10.9 Å². The maximum Gasteiger partial charge on any atom is 0.240 e. The molecule has 1 aromatic heterocycles. The molecule has 1 atom stereocenters. The highest BCUT2D eigenvalue weighted by Crippen LogP contribution is 2.29. The standard InChI is InChI=1S/C23H26FN3O7S2/c1-35(29,30)13-19(28)11-25-22-5-2-15-10-20(3-4-21(15)27-22)36(31,32)26-7-6-16-8-18(24)9-17-12-33-14-34-23(16)17/h2-5,8-10,19,26,28H,6-7,11-14H2,1H3,(H,25,27). The first-order valence-corrected chi connectivity index (χ1v) is 14.6. The molecule has 0 fully saturated rings. The number of hydrogen-bond donors (Lipinski definition) is 3. The Labute approximate surface area is 208 Å². The molecule has 4 rings (SSSR count). The van der Waals surface area contributed by atoms with Crippen molar-refractivity contribution >= 4 is 36.6 Å². The fourth-order valence-electron chi connectivity index (χ4n) is 3.85. The maximum absolute atomic E-state index is 13.9. The number of benzene rings is 2. The Morgan fingerprint density at radius 3 is 2.72 bits per heavy atom. The zero-order chi connectivity index (χ0) is 25.9. The second-order valence-electron chi connectivity index (χ2n) is 8.49. The summed E-state index contributed by atoms with van der Waals surface area (Å²) in [6, 6.07) is 10.4. The molecule has 36 heavy (non-hydrogen) atoms. The van der Waals surface area contributed by atoms with Crippen molar-refractivity contribution in [1.82, 2.24) is 9.71 Å². The minimum Gasteiger partial charge on any atom is -0.467 e. The highest BCUT2D eigenvalue weighted by Gasteiger charge is 2.19. The molecule has 2 aromatic carbocycles. The van der Waals surface area contributed by atoms with Crippen LogP contribution in [-0.4, -0.2) is 64.9 Å². The Bertz CT molecular complexity index is 1480. The number of pyridine rings is 1. The Morgan fingerprint density at radius 2 is 1.94 bits per heavy atom. The lowest BCUT2D eigenvalue weighted by molar-refractivity contribution is -0.0172. The topological polar surface area (TPSA) is 144 Å². The van der Waals surface area contributed by atoms with E-state index in [1.807, 2.05) is 0 Å². The summed E-state index contributed by atoms with van der Waals surface area (Å²) in [5.74, 6) is 0.119. The average molecular weight is 540 g/mol. The van der Waals surface area contributed by atoms with Gasteiger partial charge in [0, 0.05) is 30.3 Å². The maximum atomic E-state index is 13.9. The molecule has 13 heteroatoms. The molecule has 3 N–H and O–H groups in total. The Balaban J connectivity index is 1.41. The van der Waals surface area contributed by atoms with E-state index in [2.05, 4.69) is 15.0 Å². The van der Waals surface area contributed by atoms with Crippen LogP contribution in [0.15, 0.2) is 47.4 Å². The van der Waals surface area contributed by atoms with E-state index in [4.69, 9.17) is 9.47 Å². The van der Waals surface area contributed by atoms with Crippen molar-refractivity contribution in [1.29, 1.82) is 0 Å². The first-order chi connectivity index (χ1) is 17.0. The van der Waals surface area contributed by atoms with E-state index < -0.39 is 31.8 Å². The molecule has 2 heterocycles. The second kappa shape index (κ2) is 10.6. The Hall–Kier alpha value is -2.84. The third-order valence-corrected chi connectivity index (χ3v) is 7.87. The van der Waals surface area contributed by atoms with Crippen molar-refractivity contribution in [3.8, 4) is 5.75 Å². The van der Waals surface area contributed by atoms with Crippen molar-refractivity contribution in [3.63, 3.8) is 0 Å². The van der Waals surface area contributed by atoms with Crippen LogP contribution in [0.5, 0.6) is 5.75 Å². The molecule has 10 nitrogen and oxygen atoms in total. The lowest BCUT2D eigenvalue weighted by Gasteiger charge is -2.21. The summed E-state index contributed by atoms with van der Waals surface area (Å²) in [6.07, 6.45) is 0.187. The van der Waals surface area contributed by atoms with Gasteiger partial charge in [0.05, 0.1) is 28.9 Å². The van der Waals surface area contributed by atoms with Gasteiger partial charge in [-0.3, -0.25) is 0 Å². The quantitative estimate of drug-likeness (QED) is 0.350. The smallest absolute Gasteiger partial charge is 0.240 e. The van der Waals surface area contributed by atoms with E-state index in [0.717, 1.165) is 6.26 Å². The van der Waals surface area contributed by atoms with Crippen molar-refractivity contribution in [2.45, 2.75) is 24.0 Å². The Morgan fingerprint density at radius 1 is 1.14 bits per heavy atom. The summed E-state index contributed by atoms with van der Waals surface area (Å²) in [5, 5.41) is 13.3. The van der Waals surface area contributed by atoms with Crippen molar-refractivity contribution in [2.24, 2.45) is 0 Å². The molecule has 3 aromatic rings. The first kappa shape index (κ1) is 26.2. The third kappa shape index (κ3) is 6.68. The highest BCUT2D eigenvalue weighted by atomic mass is 32.2. The highest BCUT2D eigenvalue weighted by molar-refractivity contribution is 7.90. The molecule has 0 bridgehead atoms. The molecule has 1 aliphatic heterocycles. The summed E-state index contributed by atoms with van der Waals surface area (Å²) in [6.45, 7) is 0.322. The van der Waals surface area contributed by atoms with Crippen LogP contribution >= 0.6 is 0 Å². The van der Waals surface area contributed by atoms with E-state index in [1.165, 1.54) is 24.3 Å². The SMILES string of the molecule is CS(=O)(=O)CC(O)CNc1ccc2cc(S(=O)(=O)NCCc3cc(F)cc4c3OCOC4)ccc2n1. The van der Waals surface area contributed by atoms with Crippen LogP contribution in [0, 0.1) is 5.82 Å². The molecule has 0 aliphatic carbocycles. The van der Waals surface area contributed by atoms with Gasteiger partial charge in [-0.1, -0.05) is 0 Å². The Kier molecular flexibility index (Phi) is 7.76. The number of sulfonamides is 1. The van der Waals surface area contributed by atoms with Crippen LogP contribution in [0.1, 0.15) is 11.1 Å². The summed E-state index contributed by atoms with van der Waals surface area (Å²) < 4.78 is 75.3. The van der Waals surface area contributed by atoms with E-state index in [9.17, 15) is 26.3 Å². The summed E-state index contributed by atoms with van der Waals surface area (Å²) in [7, 11) is -7.16. The number of aliphatic hydroxyl groups excluding tert-OH is 1. The number of nitrogens with zero attached hydrogens (tertiary/aromatic N) is 1. The number of rotatable bonds is 10. The number of halogens is 1. The molecule has 0 spiro atoms. The summed E-state index contributed by atoms with van der Waals surface area (Å²) >= 11 is 0. The number of aliphatic hydroxyl groups is 1. The molecule has 0 saturated heterocycles. The zero-order valence-electron chi connectivity index (χ0n) is 19.4. The molecule has 0 amide bonds. The predicted octanol–water partition coefficient (Wildman–Crippen LogP) is 1.58. The van der Waals surface area contributed by atoms with Gasteiger partial charge in [-0.2, -0.15) is 0 Å². The number of aromatic nitrogens is 1. The minimum absolute atomic E-state index is 0.00541. The van der Waals surface area contributed by atoms with Crippen LogP contribution < -0.4 is 14.8 Å². The van der Waals surface area contributed by atoms with E-state index in [1.54, 1.807) is 18.2 Å². The van der Waals surface area contributed by atoms with Crippen LogP contribution in [0.3, 0.4) is 0 Å². The van der Waals surface area contributed by atoms with Gasteiger partial charge in [0.25, 0.3) is 0 Å². The number of anilines is 1. The lowest BCUT2D eigenvalue weighted by atomic mass is 10.1. The fraction of sp³-hybridized carbons (Fsp3) is 0.348. The molecular formula is C23H26FN3O7S2. The van der Waals surface area contributed by atoms with Crippen molar-refractivity contribution in [2.75, 3.05) is 37.2 Å². The van der Waals surface area contributed by atoms with Crippen molar-refractivity contribution in [3.05, 3.63) is 59.4 Å². The monoisotopic (exact) mass is 539 g/mol. The minimum atomic E-state index is -3.84. The van der Waals surface area contributed by atoms with Gasteiger partial charge in [0.2, 0.25) is 10.0 Å². The normalized spacial score (nSPS) is 14.8. The summed E-state index contributed by atoms with van der Waals surface area (Å²) in [5.41, 5.74) is 1.66. The number of ether oxygens (including phenoxy) is 2. The van der Waals surface area contributed by atoms with Gasteiger partial charge in [-0.05, 0) is 54.4 Å². The fourth-order valence-corrected chi connectivity index (χ4v) is 5.73. The van der Waals surface area contributed by atoms with Crippen LogP contribution in [0.2, 0.25) is 0 Å². The summed E-state index contributed by atoms with van der Waals surface area (Å²) in [4.78, 5) is 4.42. The number of hydrogen-bond acceptors (Lipinski definition) is 9. The van der Waals surface area contributed by atoms with Crippen molar-refractivity contribution < 1.29 is 35.8 Å².